The topological polar surface area (TPSA) is 85.1 Å². The number of halogens is 3. The highest BCUT2D eigenvalue weighted by atomic mass is 127. The first-order chi connectivity index (χ1) is 15.1. The molecule has 0 unspecified atom stereocenters. The maximum Gasteiger partial charge on any atom is 0.387 e. The minimum Gasteiger partial charge on any atom is -0.497 e. The fraction of sp³-hybridized carbons (Fsp3) is 0.381. The number of nitrogens with one attached hydrogen (secondary N) is 2. The highest BCUT2D eigenvalue weighted by Gasteiger charge is 2.11. The van der Waals surface area contributed by atoms with Crippen molar-refractivity contribution < 1.29 is 18.3 Å². The van der Waals surface area contributed by atoms with Crippen molar-refractivity contribution in [2.75, 3.05) is 20.2 Å². The maximum atomic E-state index is 12.7. The average molecular weight is 560 g/mol. The first-order valence-corrected chi connectivity index (χ1v) is 10.0. The summed E-state index contributed by atoms with van der Waals surface area (Å²) < 4.78 is 37.1. The van der Waals surface area contributed by atoms with Gasteiger partial charge in [-0.05, 0) is 43.7 Å². The van der Waals surface area contributed by atoms with E-state index < -0.39 is 6.61 Å². The van der Waals surface area contributed by atoms with Gasteiger partial charge < -0.3 is 20.1 Å². The first kappa shape index (κ1) is 25.6. The van der Waals surface area contributed by atoms with Crippen molar-refractivity contribution in [3.8, 4) is 11.5 Å². The summed E-state index contributed by atoms with van der Waals surface area (Å²) in [7, 11) is 1.51. The molecule has 0 saturated carbocycles. The lowest BCUT2D eigenvalue weighted by Crippen LogP contribution is -2.37. The predicted octanol–water partition coefficient (Wildman–Crippen LogP) is 3.65. The van der Waals surface area contributed by atoms with Gasteiger partial charge >= 0.3 is 6.61 Å². The number of fused-ring (bicyclic) bond motifs is 1. The van der Waals surface area contributed by atoms with E-state index in [4.69, 9.17) is 4.74 Å². The second-order valence-electron chi connectivity index (χ2n) is 6.62. The summed E-state index contributed by atoms with van der Waals surface area (Å²) >= 11 is 0. The Morgan fingerprint density at radius 3 is 2.78 bits per heavy atom. The van der Waals surface area contributed by atoms with Crippen LogP contribution in [0.25, 0.3) is 5.65 Å². The fourth-order valence-corrected chi connectivity index (χ4v) is 3.04. The number of aliphatic imine (C=N–C) groups is 1. The SMILES string of the molecule is CCNC(=NCc1cc(OC)ccc1OC(F)F)NCCCc1nnc2ccccn12.I. The van der Waals surface area contributed by atoms with Gasteiger partial charge in [0.15, 0.2) is 11.6 Å². The Morgan fingerprint density at radius 2 is 2.03 bits per heavy atom. The molecule has 2 N–H and O–H groups in total. The van der Waals surface area contributed by atoms with E-state index in [9.17, 15) is 8.78 Å². The first-order valence-electron chi connectivity index (χ1n) is 10.0. The lowest BCUT2D eigenvalue weighted by molar-refractivity contribution is -0.0504. The number of pyridine rings is 1. The number of aromatic nitrogens is 3. The highest BCUT2D eigenvalue weighted by molar-refractivity contribution is 14.0. The standard InChI is InChI=1S/C21H26F2N6O2.HI/c1-3-24-21(25-11-6-8-19-28-27-18-7-4-5-12-29(18)19)26-14-15-13-16(30-2)9-10-17(15)31-20(22)23;/h4-5,7,9-10,12-13,20H,3,6,8,11,14H2,1-2H3,(H2,24,25,26);1H. The summed E-state index contributed by atoms with van der Waals surface area (Å²) in [4.78, 5) is 4.49. The van der Waals surface area contributed by atoms with Crippen LogP contribution in [-0.4, -0.2) is 47.4 Å². The normalized spacial score (nSPS) is 11.3. The van der Waals surface area contributed by atoms with Gasteiger partial charge in [-0.2, -0.15) is 8.78 Å². The summed E-state index contributed by atoms with van der Waals surface area (Å²) in [6.45, 7) is 0.529. The predicted molar refractivity (Wildman–Crippen MR) is 129 cm³/mol. The van der Waals surface area contributed by atoms with Crippen LogP contribution in [0.15, 0.2) is 47.6 Å². The largest absolute Gasteiger partial charge is 0.497 e. The van der Waals surface area contributed by atoms with Gasteiger partial charge in [0.05, 0.1) is 13.7 Å². The van der Waals surface area contributed by atoms with E-state index in [0.29, 0.717) is 30.4 Å². The molecule has 0 fully saturated rings. The number of guanidine groups is 1. The molecule has 0 spiro atoms. The number of aryl methyl sites for hydroxylation is 1. The molecule has 0 aliphatic rings. The van der Waals surface area contributed by atoms with Crippen molar-refractivity contribution >= 4 is 35.6 Å². The van der Waals surface area contributed by atoms with Gasteiger partial charge in [0.25, 0.3) is 0 Å². The van der Waals surface area contributed by atoms with Gasteiger partial charge in [0.2, 0.25) is 0 Å². The van der Waals surface area contributed by atoms with E-state index in [1.165, 1.54) is 13.2 Å². The average Bonchev–Trinajstić information content (AvgIpc) is 3.18. The molecule has 0 aliphatic heterocycles. The minimum atomic E-state index is -2.91. The Hall–Kier alpha value is -2.70. The van der Waals surface area contributed by atoms with E-state index in [1.54, 1.807) is 12.1 Å². The third-order valence-electron chi connectivity index (χ3n) is 4.49. The molecule has 11 heteroatoms. The van der Waals surface area contributed by atoms with Gasteiger partial charge in [-0.15, -0.1) is 34.2 Å². The number of methoxy groups -OCH3 is 1. The number of nitrogens with zero attached hydrogens (tertiary/aromatic N) is 4. The van der Waals surface area contributed by atoms with Crippen LogP contribution < -0.4 is 20.1 Å². The molecule has 0 atom stereocenters. The van der Waals surface area contributed by atoms with Gasteiger partial charge in [0.1, 0.15) is 17.3 Å². The maximum absolute atomic E-state index is 12.7. The van der Waals surface area contributed by atoms with E-state index >= 15 is 0 Å². The molecule has 3 aromatic rings. The molecule has 0 bridgehead atoms. The molecule has 0 aliphatic carbocycles. The Labute approximate surface area is 202 Å². The number of hydrogen-bond acceptors (Lipinski definition) is 5. The molecule has 174 valence electrons. The zero-order valence-corrected chi connectivity index (χ0v) is 20.3. The van der Waals surface area contributed by atoms with E-state index in [1.807, 2.05) is 35.7 Å². The molecule has 0 saturated heterocycles. The van der Waals surface area contributed by atoms with Crippen molar-refractivity contribution in [1.29, 1.82) is 0 Å². The molecule has 0 amide bonds. The molecule has 2 heterocycles. The molecule has 2 aromatic heterocycles. The third kappa shape index (κ3) is 7.18. The molecule has 1 aromatic carbocycles. The van der Waals surface area contributed by atoms with E-state index in [2.05, 4.69) is 30.6 Å². The van der Waals surface area contributed by atoms with E-state index in [0.717, 1.165) is 24.3 Å². The number of alkyl halides is 2. The Morgan fingerprint density at radius 1 is 1.19 bits per heavy atom. The minimum absolute atomic E-state index is 0. The Bertz CT molecular complexity index is 1010. The molecule has 0 radical (unpaired) electrons. The second-order valence-corrected chi connectivity index (χ2v) is 6.62. The van der Waals surface area contributed by atoms with Gasteiger partial charge in [0, 0.05) is 31.3 Å². The summed E-state index contributed by atoms with van der Waals surface area (Å²) in [5.74, 6) is 2.10. The zero-order chi connectivity index (χ0) is 22.1. The lowest BCUT2D eigenvalue weighted by Gasteiger charge is -2.13. The fourth-order valence-electron chi connectivity index (χ4n) is 3.04. The molecule has 32 heavy (non-hydrogen) atoms. The number of rotatable bonds is 10. The van der Waals surface area contributed by atoms with Crippen LogP contribution in [0.3, 0.4) is 0 Å². The van der Waals surface area contributed by atoms with Crippen LogP contribution in [0, 0.1) is 0 Å². The Balaban J connectivity index is 0.00000363. The summed E-state index contributed by atoms with van der Waals surface area (Å²) in [6.07, 6.45) is 3.51. The van der Waals surface area contributed by atoms with Crippen LogP contribution in [0.5, 0.6) is 11.5 Å². The second kappa shape index (κ2) is 13.0. The smallest absolute Gasteiger partial charge is 0.387 e. The van der Waals surface area contributed by atoms with E-state index in [-0.39, 0.29) is 36.3 Å². The van der Waals surface area contributed by atoms with Gasteiger partial charge in [-0.25, -0.2) is 4.99 Å². The quantitative estimate of drug-likeness (QED) is 0.171. The van der Waals surface area contributed by atoms with Crippen LogP contribution in [0.4, 0.5) is 8.78 Å². The van der Waals surface area contributed by atoms with Crippen LogP contribution in [0.1, 0.15) is 24.7 Å². The van der Waals surface area contributed by atoms with Gasteiger partial charge in [-0.3, -0.25) is 4.40 Å². The molecule has 8 nitrogen and oxygen atoms in total. The third-order valence-corrected chi connectivity index (χ3v) is 4.49. The molecular weight excluding hydrogens is 533 g/mol. The van der Waals surface area contributed by atoms with Crippen molar-refractivity contribution in [3.05, 3.63) is 54.0 Å². The van der Waals surface area contributed by atoms with Crippen molar-refractivity contribution in [1.82, 2.24) is 25.2 Å². The monoisotopic (exact) mass is 560 g/mol. The van der Waals surface area contributed by atoms with Crippen molar-refractivity contribution in [3.63, 3.8) is 0 Å². The van der Waals surface area contributed by atoms with Crippen molar-refractivity contribution in [2.45, 2.75) is 32.9 Å². The zero-order valence-electron chi connectivity index (χ0n) is 17.9. The summed E-state index contributed by atoms with van der Waals surface area (Å²) in [6, 6.07) is 10.4. The Kier molecular flexibility index (Phi) is 10.4. The highest BCUT2D eigenvalue weighted by Crippen LogP contribution is 2.26. The number of benzene rings is 1. The molecule has 3 rings (SSSR count). The number of ether oxygens (including phenoxy) is 2. The molecular formula is C21H27F2IN6O2. The van der Waals surface area contributed by atoms with Crippen LogP contribution in [-0.2, 0) is 13.0 Å². The number of hydrogen-bond donors (Lipinski definition) is 2. The van der Waals surface area contributed by atoms with Crippen LogP contribution in [0.2, 0.25) is 0 Å². The summed E-state index contributed by atoms with van der Waals surface area (Å²) in [5, 5.41) is 14.8. The lowest BCUT2D eigenvalue weighted by atomic mass is 10.2. The van der Waals surface area contributed by atoms with Crippen LogP contribution >= 0.6 is 24.0 Å². The van der Waals surface area contributed by atoms with Gasteiger partial charge in [-0.1, -0.05) is 6.07 Å². The van der Waals surface area contributed by atoms with Crippen molar-refractivity contribution in [2.24, 2.45) is 4.99 Å². The summed E-state index contributed by atoms with van der Waals surface area (Å²) in [5.41, 5.74) is 1.33.